The highest BCUT2D eigenvalue weighted by atomic mass is 16.6. The zero-order valence-electron chi connectivity index (χ0n) is 8.83. The first-order valence-corrected chi connectivity index (χ1v) is 4.77. The van der Waals surface area contributed by atoms with Gasteiger partial charge >= 0.3 is 0 Å². The number of carbonyl (C=O) groups is 2. The molecule has 2 fully saturated rings. The average molecular weight is 211 g/mol. The smallest absolute Gasteiger partial charge is 0.265 e. The number of fused-ring (bicyclic) bond motifs is 1. The second kappa shape index (κ2) is 2.68. The standard InChI is InChI=1S/C10H13NO4/c1-4-5(2)6(12)10-7(15-10)9(3,14)11-8(10)13/h4,7,14H,1-3H3,(H,11,13)/b5-4+/t7-,9?,10+/m1/s1. The van der Waals surface area contributed by atoms with Crippen LogP contribution in [-0.4, -0.2) is 34.2 Å². The van der Waals surface area contributed by atoms with Gasteiger partial charge < -0.3 is 15.2 Å². The summed E-state index contributed by atoms with van der Waals surface area (Å²) in [7, 11) is 0. The number of ketones is 1. The van der Waals surface area contributed by atoms with Crippen LogP contribution in [0.1, 0.15) is 20.8 Å². The van der Waals surface area contributed by atoms with Crippen LogP contribution in [0.5, 0.6) is 0 Å². The Hall–Kier alpha value is -1.20. The van der Waals surface area contributed by atoms with Crippen molar-refractivity contribution in [3.63, 3.8) is 0 Å². The van der Waals surface area contributed by atoms with E-state index in [1.165, 1.54) is 6.92 Å². The molecule has 1 amide bonds. The highest BCUT2D eigenvalue weighted by Crippen LogP contribution is 2.49. The van der Waals surface area contributed by atoms with Gasteiger partial charge in [-0.3, -0.25) is 9.59 Å². The molecule has 0 aromatic rings. The van der Waals surface area contributed by atoms with Crippen LogP contribution in [-0.2, 0) is 14.3 Å². The summed E-state index contributed by atoms with van der Waals surface area (Å²) >= 11 is 0. The molecule has 3 atom stereocenters. The van der Waals surface area contributed by atoms with Crippen molar-refractivity contribution < 1.29 is 19.4 Å². The van der Waals surface area contributed by atoms with E-state index in [9.17, 15) is 14.7 Å². The van der Waals surface area contributed by atoms with Crippen LogP contribution in [0.4, 0.5) is 0 Å². The number of nitrogens with one attached hydrogen (secondary N) is 1. The molecule has 0 aliphatic carbocycles. The first kappa shape index (κ1) is 10.3. The molecule has 0 saturated carbocycles. The molecule has 0 radical (unpaired) electrons. The first-order chi connectivity index (χ1) is 6.86. The summed E-state index contributed by atoms with van der Waals surface area (Å²) in [5.41, 5.74) is -2.45. The maximum Gasteiger partial charge on any atom is 0.265 e. The molecule has 2 N–H and O–H groups in total. The number of Topliss-reactive ketones (excluding diaryl/α,β-unsaturated/α-hetero) is 1. The van der Waals surface area contributed by atoms with Gasteiger partial charge in [0.1, 0.15) is 0 Å². The number of morpholine rings is 1. The molecule has 0 aromatic heterocycles. The number of epoxide rings is 1. The zero-order chi connectivity index (χ0) is 11.4. The summed E-state index contributed by atoms with van der Waals surface area (Å²) in [4.78, 5) is 23.4. The van der Waals surface area contributed by atoms with E-state index in [4.69, 9.17) is 4.74 Å². The van der Waals surface area contributed by atoms with Crippen molar-refractivity contribution in [2.75, 3.05) is 0 Å². The third kappa shape index (κ3) is 1.10. The molecule has 2 aliphatic heterocycles. The van der Waals surface area contributed by atoms with Crippen molar-refractivity contribution in [2.24, 2.45) is 0 Å². The normalized spacial score (nSPS) is 43.6. The van der Waals surface area contributed by atoms with Crippen LogP contribution in [0.3, 0.4) is 0 Å². The summed E-state index contributed by atoms with van der Waals surface area (Å²) in [6, 6.07) is 0. The topological polar surface area (TPSA) is 78.9 Å². The van der Waals surface area contributed by atoms with E-state index in [0.717, 1.165) is 0 Å². The highest BCUT2D eigenvalue weighted by molar-refractivity contribution is 6.21. The number of allylic oxidation sites excluding steroid dienone is 1. The van der Waals surface area contributed by atoms with E-state index < -0.39 is 23.3 Å². The second-order valence-corrected chi connectivity index (χ2v) is 4.14. The van der Waals surface area contributed by atoms with Crippen molar-refractivity contribution in [2.45, 2.75) is 38.2 Å². The molecule has 0 aromatic carbocycles. The van der Waals surface area contributed by atoms with Crippen molar-refractivity contribution in [1.82, 2.24) is 5.32 Å². The lowest BCUT2D eigenvalue weighted by Gasteiger charge is -2.16. The number of amides is 1. The van der Waals surface area contributed by atoms with Crippen LogP contribution in [0.2, 0.25) is 0 Å². The van der Waals surface area contributed by atoms with Gasteiger partial charge in [0.15, 0.2) is 11.8 Å². The molecular formula is C10H13NO4. The summed E-state index contributed by atoms with van der Waals surface area (Å²) in [5.74, 6) is -0.922. The maximum atomic E-state index is 11.9. The molecule has 2 saturated heterocycles. The van der Waals surface area contributed by atoms with Crippen molar-refractivity contribution in [3.05, 3.63) is 11.6 Å². The van der Waals surface area contributed by atoms with Gasteiger partial charge in [-0.2, -0.15) is 0 Å². The Morgan fingerprint density at radius 2 is 2.27 bits per heavy atom. The first-order valence-electron chi connectivity index (χ1n) is 4.77. The van der Waals surface area contributed by atoms with E-state index in [1.807, 2.05) is 0 Å². The van der Waals surface area contributed by atoms with E-state index in [1.54, 1.807) is 19.9 Å². The van der Waals surface area contributed by atoms with Crippen molar-refractivity contribution >= 4 is 11.7 Å². The van der Waals surface area contributed by atoms with Crippen LogP contribution in [0, 0.1) is 0 Å². The Balaban J connectivity index is 2.34. The van der Waals surface area contributed by atoms with E-state index in [-0.39, 0.29) is 5.78 Å². The van der Waals surface area contributed by atoms with Crippen LogP contribution in [0.25, 0.3) is 0 Å². The summed E-state index contributed by atoms with van der Waals surface area (Å²) in [6.07, 6.45) is 0.857. The van der Waals surface area contributed by atoms with Crippen LogP contribution >= 0.6 is 0 Å². The van der Waals surface area contributed by atoms with Crippen LogP contribution < -0.4 is 5.32 Å². The molecular weight excluding hydrogens is 198 g/mol. The van der Waals surface area contributed by atoms with Gasteiger partial charge in [-0.25, -0.2) is 0 Å². The molecule has 15 heavy (non-hydrogen) atoms. The number of rotatable bonds is 2. The Labute approximate surface area is 87.1 Å². The molecule has 1 unspecified atom stereocenters. The minimum atomic E-state index is -1.47. The molecule has 82 valence electrons. The monoisotopic (exact) mass is 211 g/mol. The predicted molar refractivity (Wildman–Crippen MR) is 50.8 cm³/mol. The summed E-state index contributed by atoms with van der Waals surface area (Å²) < 4.78 is 5.10. The van der Waals surface area contributed by atoms with Gasteiger partial charge in [-0.1, -0.05) is 6.08 Å². The second-order valence-electron chi connectivity index (χ2n) is 4.14. The number of aliphatic hydroxyl groups is 1. The molecule has 2 heterocycles. The van der Waals surface area contributed by atoms with E-state index >= 15 is 0 Å². The van der Waals surface area contributed by atoms with Gasteiger partial charge in [0.2, 0.25) is 11.4 Å². The fraction of sp³-hybridized carbons (Fsp3) is 0.600. The Morgan fingerprint density at radius 1 is 1.67 bits per heavy atom. The van der Waals surface area contributed by atoms with E-state index in [2.05, 4.69) is 5.32 Å². The fourth-order valence-electron chi connectivity index (χ4n) is 1.92. The van der Waals surface area contributed by atoms with Crippen LogP contribution in [0.15, 0.2) is 11.6 Å². The minimum Gasteiger partial charge on any atom is -0.368 e. The Morgan fingerprint density at radius 3 is 2.60 bits per heavy atom. The molecule has 2 aliphatic rings. The fourth-order valence-corrected chi connectivity index (χ4v) is 1.92. The number of carbonyl (C=O) groups excluding carboxylic acids is 2. The molecule has 5 heteroatoms. The lowest BCUT2D eigenvalue weighted by molar-refractivity contribution is -0.137. The van der Waals surface area contributed by atoms with Gasteiger partial charge in [-0.05, 0) is 26.3 Å². The van der Waals surface area contributed by atoms with Gasteiger partial charge in [-0.15, -0.1) is 0 Å². The Bertz CT molecular complexity index is 385. The SMILES string of the molecule is C/C=C(\C)C(=O)[C@]12O[C@@H]1C(C)(O)NC2=O. The lowest BCUT2D eigenvalue weighted by atomic mass is 9.94. The maximum absolute atomic E-state index is 11.9. The quantitative estimate of drug-likeness (QED) is 0.366. The molecule has 2 rings (SSSR count). The lowest BCUT2D eigenvalue weighted by Crippen LogP contribution is -2.45. The largest absolute Gasteiger partial charge is 0.368 e. The number of hydrogen-bond acceptors (Lipinski definition) is 4. The summed E-state index contributed by atoms with van der Waals surface area (Å²) in [5, 5.41) is 12.1. The predicted octanol–water partition coefficient (Wildman–Crippen LogP) is -0.502. The summed E-state index contributed by atoms with van der Waals surface area (Å²) in [6.45, 7) is 4.75. The molecule has 0 spiro atoms. The number of ether oxygens (including phenoxy) is 1. The number of hydrogen-bond donors (Lipinski definition) is 2. The van der Waals surface area contributed by atoms with Crippen molar-refractivity contribution in [1.29, 1.82) is 0 Å². The highest BCUT2D eigenvalue weighted by Gasteiger charge is 2.79. The van der Waals surface area contributed by atoms with E-state index in [0.29, 0.717) is 5.57 Å². The third-order valence-corrected chi connectivity index (χ3v) is 2.96. The minimum absolute atomic E-state index is 0.370. The average Bonchev–Trinajstić information content (AvgIpc) is 2.87. The third-order valence-electron chi connectivity index (χ3n) is 2.96. The zero-order valence-corrected chi connectivity index (χ0v) is 8.83. The van der Waals surface area contributed by atoms with Gasteiger partial charge in [0.05, 0.1) is 0 Å². The molecule has 0 bridgehead atoms. The Kier molecular flexibility index (Phi) is 1.84. The van der Waals surface area contributed by atoms with Gasteiger partial charge in [0.25, 0.3) is 5.91 Å². The van der Waals surface area contributed by atoms with Gasteiger partial charge in [0, 0.05) is 0 Å². The van der Waals surface area contributed by atoms with Crippen molar-refractivity contribution in [3.8, 4) is 0 Å². The molecule has 5 nitrogen and oxygen atoms in total.